The molecule has 7 nitrogen and oxygen atoms in total. The molecule has 1 atom stereocenters. The van der Waals surface area contributed by atoms with Gasteiger partial charge in [-0.1, -0.05) is 0 Å². The van der Waals surface area contributed by atoms with Gasteiger partial charge in [0, 0.05) is 30.8 Å². The molecule has 1 aliphatic rings. The summed E-state index contributed by atoms with van der Waals surface area (Å²) in [4.78, 5) is 21.1. The number of rotatable bonds is 4. The Morgan fingerprint density at radius 3 is 2.89 bits per heavy atom. The van der Waals surface area contributed by atoms with Crippen LogP contribution < -0.4 is 16.4 Å². The minimum absolute atomic E-state index is 0.0602. The molecule has 0 bridgehead atoms. The van der Waals surface area contributed by atoms with E-state index < -0.39 is 4.92 Å². The molecule has 1 heterocycles. The van der Waals surface area contributed by atoms with Crippen LogP contribution in [0, 0.1) is 10.1 Å². The molecule has 0 aliphatic carbocycles. The Morgan fingerprint density at radius 2 is 2.33 bits per heavy atom. The lowest BCUT2D eigenvalue weighted by molar-refractivity contribution is -0.383. The molecule has 1 aliphatic heterocycles. The van der Waals surface area contributed by atoms with E-state index in [0.717, 1.165) is 6.42 Å². The molecule has 2 rings (SSSR count). The number of nitrogens with one attached hydrogen (secondary N) is 2. The van der Waals surface area contributed by atoms with Crippen LogP contribution >= 0.6 is 0 Å². The van der Waals surface area contributed by atoms with Crippen molar-refractivity contribution >= 4 is 23.0 Å². The quantitative estimate of drug-likeness (QED) is 0.417. The molecule has 0 spiro atoms. The molecule has 7 heteroatoms. The Bertz CT molecular complexity index is 489. The smallest absolute Gasteiger partial charge is 0.292 e. The fourth-order valence-electron chi connectivity index (χ4n) is 1.90. The second-order valence-corrected chi connectivity index (χ2v) is 4.21. The number of benzene rings is 1. The van der Waals surface area contributed by atoms with Gasteiger partial charge in [0.05, 0.1) is 4.92 Å². The van der Waals surface area contributed by atoms with Gasteiger partial charge in [-0.25, -0.2) is 0 Å². The number of nitrogen functional groups attached to an aromatic ring is 1. The predicted molar refractivity (Wildman–Crippen MR) is 67.2 cm³/mol. The second kappa shape index (κ2) is 4.91. The molecular formula is C11H14N4O3. The average molecular weight is 250 g/mol. The SMILES string of the molecule is Nc1cc(NCC2CCC(=O)N2)ccc1[N+](=O)[O-]. The minimum atomic E-state index is -0.518. The Labute approximate surface area is 104 Å². The second-order valence-electron chi connectivity index (χ2n) is 4.21. The number of anilines is 2. The van der Waals surface area contributed by atoms with Crippen LogP contribution in [-0.2, 0) is 4.79 Å². The van der Waals surface area contributed by atoms with Crippen molar-refractivity contribution in [3.05, 3.63) is 28.3 Å². The van der Waals surface area contributed by atoms with E-state index in [9.17, 15) is 14.9 Å². The highest BCUT2D eigenvalue weighted by molar-refractivity contribution is 5.78. The zero-order valence-corrected chi connectivity index (χ0v) is 9.68. The van der Waals surface area contributed by atoms with Crippen molar-refractivity contribution < 1.29 is 9.72 Å². The summed E-state index contributed by atoms with van der Waals surface area (Å²) in [6.07, 6.45) is 1.35. The van der Waals surface area contributed by atoms with Crippen molar-refractivity contribution in [2.45, 2.75) is 18.9 Å². The molecule has 18 heavy (non-hydrogen) atoms. The van der Waals surface area contributed by atoms with Gasteiger partial charge < -0.3 is 16.4 Å². The van der Waals surface area contributed by atoms with Gasteiger partial charge in [0.15, 0.2) is 0 Å². The Morgan fingerprint density at radius 1 is 1.56 bits per heavy atom. The fourth-order valence-corrected chi connectivity index (χ4v) is 1.90. The fraction of sp³-hybridized carbons (Fsp3) is 0.364. The summed E-state index contributed by atoms with van der Waals surface area (Å²) in [5.74, 6) is 0.0602. The van der Waals surface area contributed by atoms with Gasteiger partial charge in [0.1, 0.15) is 5.69 Å². The summed E-state index contributed by atoms with van der Waals surface area (Å²) in [7, 11) is 0. The van der Waals surface area contributed by atoms with E-state index in [1.165, 1.54) is 12.1 Å². The normalized spacial score (nSPS) is 18.4. The van der Waals surface area contributed by atoms with E-state index >= 15 is 0 Å². The zero-order valence-electron chi connectivity index (χ0n) is 9.68. The first-order valence-electron chi connectivity index (χ1n) is 5.63. The van der Waals surface area contributed by atoms with Gasteiger partial charge in [-0.05, 0) is 18.6 Å². The number of carbonyl (C=O) groups is 1. The zero-order chi connectivity index (χ0) is 13.1. The van der Waals surface area contributed by atoms with Gasteiger partial charge >= 0.3 is 0 Å². The number of carbonyl (C=O) groups excluding carboxylic acids is 1. The lowest BCUT2D eigenvalue weighted by atomic mass is 10.2. The van der Waals surface area contributed by atoms with E-state index in [-0.39, 0.29) is 23.3 Å². The molecule has 1 aromatic rings. The molecule has 1 amide bonds. The molecule has 1 saturated heterocycles. The van der Waals surface area contributed by atoms with Gasteiger partial charge in [-0.3, -0.25) is 14.9 Å². The molecule has 96 valence electrons. The van der Waals surface area contributed by atoms with Crippen molar-refractivity contribution in [3.8, 4) is 0 Å². The van der Waals surface area contributed by atoms with Crippen LogP contribution in [0.1, 0.15) is 12.8 Å². The van der Waals surface area contributed by atoms with Crippen molar-refractivity contribution in [3.63, 3.8) is 0 Å². The number of nitrogens with zero attached hydrogens (tertiary/aromatic N) is 1. The van der Waals surface area contributed by atoms with Crippen LogP contribution in [0.4, 0.5) is 17.1 Å². The maximum atomic E-state index is 11.0. The third-order valence-electron chi connectivity index (χ3n) is 2.86. The van der Waals surface area contributed by atoms with Crippen molar-refractivity contribution in [2.24, 2.45) is 0 Å². The van der Waals surface area contributed by atoms with Gasteiger partial charge in [-0.2, -0.15) is 0 Å². The molecule has 1 aromatic carbocycles. The summed E-state index contributed by atoms with van der Waals surface area (Å²) >= 11 is 0. The largest absolute Gasteiger partial charge is 0.393 e. The minimum Gasteiger partial charge on any atom is -0.393 e. The number of nitrogens with two attached hydrogens (primary N) is 1. The Balaban J connectivity index is 1.96. The van der Waals surface area contributed by atoms with E-state index in [4.69, 9.17) is 5.73 Å². The number of nitro groups is 1. The predicted octanol–water partition coefficient (Wildman–Crippen LogP) is 0.867. The van der Waals surface area contributed by atoms with E-state index in [1.54, 1.807) is 6.07 Å². The van der Waals surface area contributed by atoms with Crippen LogP contribution in [0.5, 0.6) is 0 Å². The van der Waals surface area contributed by atoms with E-state index in [0.29, 0.717) is 18.7 Å². The molecule has 4 N–H and O–H groups in total. The van der Waals surface area contributed by atoms with E-state index in [2.05, 4.69) is 10.6 Å². The number of nitro benzene ring substituents is 1. The van der Waals surface area contributed by atoms with Crippen molar-refractivity contribution in [1.82, 2.24) is 5.32 Å². The summed E-state index contributed by atoms with van der Waals surface area (Å²) < 4.78 is 0. The first-order valence-corrected chi connectivity index (χ1v) is 5.63. The molecule has 0 aromatic heterocycles. The lowest BCUT2D eigenvalue weighted by Crippen LogP contribution is -2.31. The highest BCUT2D eigenvalue weighted by atomic mass is 16.6. The maximum absolute atomic E-state index is 11.0. The standard InChI is InChI=1S/C11H14N4O3/c12-9-5-7(1-3-10(9)15(17)18)13-6-8-2-4-11(16)14-8/h1,3,5,8,13H,2,4,6,12H2,(H,14,16). The molecule has 0 radical (unpaired) electrons. The maximum Gasteiger partial charge on any atom is 0.292 e. The van der Waals surface area contributed by atoms with Crippen LogP contribution in [0.3, 0.4) is 0 Å². The van der Waals surface area contributed by atoms with Gasteiger partial charge in [0.2, 0.25) is 5.91 Å². The summed E-state index contributed by atoms with van der Waals surface area (Å²) in [5.41, 5.74) is 6.31. The highest BCUT2D eigenvalue weighted by Gasteiger charge is 2.20. The number of amides is 1. The van der Waals surface area contributed by atoms with Crippen LogP contribution in [0.15, 0.2) is 18.2 Å². The van der Waals surface area contributed by atoms with Crippen molar-refractivity contribution in [2.75, 3.05) is 17.6 Å². The Hall–Kier alpha value is -2.31. The number of hydrogen-bond acceptors (Lipinski definition) is 5. The van der Waals surface area contributed by atoms with Crippen molar-refractivity contribution in [1.29, 1.82) is 0 Å². The van der Waals surface area contributed by atoms with Crippen LogP contribution in [0.2, 0.25) is 0 Å². The van der Waals surface area contributed by atoms with E-state index in [1.807, 2.05) is 0 Å². The molecule has 1 fully saturated rings. The first-order chi connectivity index (χ1) is 8.56. The lowest BCUT2D eigenvalue weighted by Gasteiger charge is -2.12. The number of hydrogen-bond donors (Lipinski definition) is 3. The van der Waals surface area contributed by atoms with Crippen LogP contribution in [0.25, 0.3) is 0 Å². The third kappa shape index (κ3) is 2.68. The summed E-state index contributed by atoms with van der Waals surface area (Å²) in [6, 6.07) is 4.60. The average Bonchev–Trinajstić information content (AvgIpc) is 2.72. The third-order valence-corrected chi connectivity index (χ3v) is 2.86. The topological polar surface area (TPSA) is 110 Å². The first kappa shape index (κ1) is 12.2. The summed E-state index contributed by atoms with van der Waals surface area (Å²) in [6.45, 7) is 0.586. The highest BCUT2D eigenvalue weighted by Crippen LogP contribution is 2.24. The molecule has 0 saturated carbocycles. The van der Waals surface area contributed by atoms with Gasteiger partial charge in [-0.15, -0.1) is 0 Å². The molecular weight excluding hydrogens is 236 g/mol. The monoisotopic (exact) mass is 250 g/mol. The Kier molecular flexibility index (Phi) is 3.31. The summed E-state index contributed by atoms with van der Waals surface area (Å²) in [5, 5.41) is 16.5. The van der Waals surface area contributed by atoms with Gasteiger partial charge in [0.25, 0.3) is 5.69 Å². The van der Waals surface area contributed by atoms with Crippen LogP contribution in [-0.4, -0.2) is 23.4 Å². The molecule has 1 unspecified atom stereocenters.